The number of aryl methyl sites for hydroxylation is 1. The molecule has 2 aromatic rings. The summed E-state index contributed by atoms with van der Waals surface area (Å²) >= 11 is 1.74. The molecule has 2 aromatic heterocycles. The van der Waals surface area contributed by atoms with Crippen LogP contribution in [0.15, 0.2) is 23.2 Å². The molecule has 2 heterocycles. The van der Waals surface area contributed by atoms with Crippen LogP contribution in [0.4, 0.5) is 0 Å². The van der Waals surface area contributed by atoms with Crippen LogP contribution in [0.25, 0.3) is 0 Å². The summed E-state index contributed by atoms with van der Waals surface area (Å²) in [5.41, 5.74) is 1.39. The van der Waals surface area contributed by atoms with Crippen molar-refractivity contribution < 1.29 is 0 Å². The Morgan fingerprint density at radius 3 is 3.13 bits per heavy atom. The van der Waals surface area contributed by atoms with Crippen LogP contribution in [0, 0.1) is 0 Å². The van der Waals surface area contributed by atoms with Crippen LogP contribution in [0.1, 0.15) is 11.4 Å². The second-order valence-corrected chi connectivity index (χ2v) is 4.17. The second kappa shape index (κ2) is 5.04. The topological polar surface area (TPSA) is 42.7 Å². The summed E-state index contributed by atoms with van der Waals surface area (Å²) in [6, 6.07) is 2.16. The minimum atomic E-state index is 0.741. The molecule has 0 aromatic carbocycles. The lowest BCUT2D eigenvalue weighted by Crippen LogP contribution is -2.17. The lowest BCUT2D eigenvalue weighted by molar-refractivity contribution is 0.648. The molecule has 0 aliphatic heterocycles. The fraction of sp³-hybridized carbons (Fsp3) is 0.400. The number of rotatable bonds is 5. The van der Waals surface area contributed by atoms with Gasteiger partial charge in [0.2, 0.25) is 0 Å². The lowest BCUT2D eigenvalue weighted by Gasteiger charge is -1.99. The molecule has 1 N–H and O–H groups in total. The van der Waals surface area contributed by atoms with Crippen molar-refractivity contribution in [2.75, 3.05) is 6.54 Å². The van der Waals surface area contributed by atoms with Gasteiger partial charge in [-0.1, -0.05) is 0 Å². The van der Waals surface area contributed by atoms with Crippen LogP contribution in [0.2, 0.25) is 0 Å². The van der Waals surface area contributed by atoms with Gasteiger partial charge in [0.25, 0.3) is 0 Å². The summed E-state index contributed by atoms with van der Waals surface area (Å²) in [7, 11) is 1.88. The molecule has 0 atom stereocenters. The SMILES string of the molecule is Cn1cnc(CNCCc2ccsc2)n1. The molecule has 0 bridgehead atoms. The highest BCUT2D eigenvalue weighted by atomic mass is 32.1. The standard InChI is InChI=1S/C10H14N4S/c1-14-8-12-10(13-14)6-11-4-2-9-3-5-15-7-9/h3,5,7-8,11H,2,4,6H2,1H3. The third kappa shape index (κ3) is 3.14. The Kier molecular flexibility index (Phi) is 3.47. The first kappa shape index (κ1) is 10.3. The highest BCUT2D eigenvalue weighted by molar-refractivity contribution is 7.07. The van der Waals surface area contributed by atoms with Crippen molar-refractivity contribution in [1.29, 1.82) is 0 Å². The van der Waals surface area contributed by atoms with E-state index in [1.54, 1.807) is 22.3 Å². The van der Waals surface area contributed by atoms with Gasteiger partial charge in [0.1, 0.15) is 6.33 Å². The minimum absolute atomic E-state index is 0.741. The average Bonchev–Trinajstić information content (AvgIpc) is 2.84. The van der Waals surface area contributed by atoms with Crippen molar-refractivity contribution in [2.45, 2.75) is 13.0 Å². The summed E-state index contributed by atoms with van der Waals surface area (Å²) in [5, 5.41) is 11.8. The molecular weight excluding hydrogens is 208 g/mol. The molecule has 0 aliphatic carbocycles. The van der Waals surface area contributed by atoms with E-state index in [9.17, 15) is 0 Å². The van der Waals surface area contributed by atoms with Crippen molar-refractivity contribution >= 4 is 11.3 Å². The van der Waals surface area contributed by atoms with E-state index in [2.05, 4.69) is 32.2 Å². The maximum absolute atomic E-state index is 4.19. The van der Waals surface area contributed by atoms with E-state index in [0.717, 1.165) is 25.3 Å². The normalized spacial score (nSPS) is 10.7. The summed E-state index contributed by atoms with van der Waals surface area (Å²) in [6.07, 6.45) is 2.78. The molecule has 5 heteroatoms. The fourth-order valence-corrected chi connectivity index (χ4v) is 2.04. The van der Waals surface area contributed by atoms with Gasteiger partial charge in [-0.3, -0.25) is 4.68 Å². The molecule has 0 saturated carbocycles. The molecule has 15 heavy (non-hydrogen) atoms. The van der Waals surface area contributed by atoms with Gasteiger partial charge in [0.05, 0.1) is 6.54 Å². The largest absolute Gasteiger partial charge is 0.309 e. The highest BCUT2D eigenvalue weighted by Crippen LogP contribution is 2.05. The van der Waals surface area contributed by atoms with Crippen molar-refractivity contribution in [3.05, 3.63) is 34.5 Å². The maximum atomic E-state index is 4.19. The third-order valence-corrected chi connectivity index (χ3v) is 2.83. The molecule has 4 nitrogen and oxygen atoms in total. The second-order valence-electron chi connectivity index (χ2n) is 3.39. The van der Waals surface area contributed by atoms with E-state index in [-0.39, 0.29) is 0 Å². The summed E-state index contributed by atoms with van der Waals surface area (Å²) in [5.74, 6) is 0.850. The van der Waals surface area contributed by atoms with Gasteiger partial charge in [-0.05, 0) is 35.4 Å². The zero-order valence-corrected chi connectivity index (χ0v) is 9.50. The van der Waals surface area contributed by atoms with E-state index in [1.165, 1.54) is 5.56 Å². The number of nitrogens with one attached hydrogen (secondary N) is 1. The van der Waals surface area contributed by atoms with Gasteiger partial charge >= 0.3 is 0 Å². The van der Waals surface area contributed by atoms with Crippen molar-refractivity contribution in [3.8, 4) is 0 Å². The predicted octanol–water partition coefficient (Wildman–Crippen LogP) is 1.21. The first-order valence-corrected chi connectivity index (χ1v) is 5.85. The summed E-state index contributed by atoms with van der Waals surface area (Å²) in [4.78, 5) is 4.14. The Morgan fingerprint density at radius 1 is 1.53 bits per heavy atom. The van der Waals surface area contributed by atoms with Crippen molar-refractivity contribution in [3.63, 3.8) is 0 Å². The number of aromatic nitrogens is 3. The smallest absolute Gasteiger partial charge is 0.164 e. The Bertz CT molecular complexity index is 393. The predicted molar refractivity (Wildman–Crippen MR) is 60.7 cm³/mol. The number of thiophene rings is 1. The zero-order chi connectivity index (χ0) is 10.5. The van der Waals surface area contributed by atoms with E-state index in [4.69, 9.17) is 0 Å². The Hall–Kier alpha value is -1.20. The van der Waals surface area contributed by atoms with Crippen LogP contribution in [0.3, 0.4) is 0 Å². The molecule has 0 fully saturated rings. The van der Waals surface area contributed by atoms with Crippen LogP contribution in [-0.4, -0.2) is 21.3 Å². The quantitative estimate of drug-likeness (QED) is 0.773. The molecule has 0 radical (unpaired) electrons. The van der Waals surface area contributed by atoms with E-state index >= 15 is 0 Å². The zero-order valence-electron chi connectivity index (χ0n) is 8.68. The monoisotopic (exact) mass is 222 g/mol. The molecule has 0 spiro atoms. The molecule has 0 aliphatic rings. The Labute approximate surface area is 93.0 Å². The molecule has 80 valence electrons. The first-order valence-electron chi connectivity index (χ1n) is 4.91. The van der Waals surface area contributed by atoms with Gasteiger partial charge in [0, 0.05) is 7.05 Å². The number of hydrogen-bond donors (Lipinski definition) is 1. The Balaban J connectivity index is 1.67. The lowest BCUT2D eigenvalue weighted by atomic mass is 10.2. The molecular formula is C10H14N4S. The summed E-state index contributed by atoms with van der Waals surface area (Å²) < 4.78 is 1.72. The van der Waals surface area contributed by atoms with E-state index in [0.29, 0.717) is 0 Å². The fourth-order valence-electron chi connectivity index (χ4n) is 1.33. The van der Waals surface area contributed by atoms with Gasteiger partial charge in [0.15, 0.2) is 5.82 Å². The van der Waals surface area contributed by atoms with Gasteiger partial charge < -0.3 is 5.32 Å². The van der Waals surface area contributed by atoms with Crippen molar-refractivity contribution in [1.82, 2.24) is 20.1 Å². The van der Waals surface area contributed by atoms with Gasteiger partial charge in [-0.2, -0.15) is 16.4 Å². The van der Waals surface area contributed by atoms with Crippen LogP contribution >= 0.6 is 11.3 Å². The Morgan fingerprint density at radius 2 is 2.47 bits per heavy atom. The number of hydrogen-bond acceptors (Lipinski definition) is 4. The summed E-state index contributed by atoms with van der Waals surface area (Å²) in [6.45, 7) is 1.71. The minimum Gasteiger partial charge on any atom is -0.309 e. The maximum Gasteiger partial charge on any atom is 0.164 e. The molecule has 0 saturated heterocycles. The van der Waals surface area contributed by atoms with Gasteiger partial charge in [-0.25, -0.2) is 4.98 Å². The molecule has 0 unspecified atom stereocenters. The van der Waals surface area contributed by atoms with Crippen molar-refractivity contribution in [2.24, 2.45) is 7.05 Å². The van der Waals surface area contributed by atoms with Crippen LogP contribution in [-0.2, 0) is 20.0 Å². The van der Waals surface area contributed by atoms with Crippen LogP contribution < -0.4 is 5.32 Å². The van der Waals surface area contributed by atoms with Gasteiger partial charge in [-0.15, -0.1) is 0 Å². The third-order valence-electron chi connectivity index (χ3n) is 2.10. The van der Waals surface area contributed by atoms with E-state index < -0.39 is 0 Å². The molecule has 0 amide bonds. The van der Waals surface area contributed by atoms with Crippen LogP contribution in [0.5, 0.6) is 0 Å². The average molecular weight is 222 g/mol. The van der Waals surface area contributed by atoms with E-state index in [1.807, 2.05) is 7.05 Å². The highest BCUT2D eigenvalue weighted by Gasteiger charge is 1.97. The molecule has 2 rings (SSSR count). The first-order chi connectivity index (χ1) is 7.34. The number of nitrogens with zero attached hydrogens (tertiary/aromatic N) is 3.